The molecule has 0 aromatic rings. The Morgan fingerprint density at radius 1 is 1.25 bits per heavy atom. The summed E-state index contributed by atoms with van der Waals surface area (Å²) in [6, 6.07) is 3.34. The molecule has 0 rings (SSSR count). The smallest absolute Gasteiger partial charge is 0.285 e. The fourth-order valence-corrected chi connectivity index (χ4v) is 0.836. The van der Waals surface area contributed by atoms with Gasteiger partial charge < -0.3 is 0 Å². The van der Waals surface area contributed by atoms with Crippen molar-refractivity contribution >= 4 is 11.8 Å². The van der Waals surface area contributed by atoms with Crippen molar-refractivity contribution in [2.45, 2.75) is 0 Å². The van der Waals surface area contributed by atoms with Crippen LogP contribution in [0.2, 0.25) is 0 Å². The normalized spacial score (nSPS) is 6.17. The van der Waals surface area contributed by atoms with Crippen LogP contribution in [-0.2, 0) is 0 Å². The minimum absolute atomic E-state index is 0. The Balaban J connectivity index is 0. The fourth-order valence-electron chi connectivity index (χ4n) is 0.393. The number of thioether (sulfide) groups is 1. The molecule has 0 spiro atoms. The number of nitrogens with zero attached hydrogens (tertiary/aromatic N) is 3. The van der Waals surface area contributed by atoms with Crippen molar-refractivity contribution in [1.29, 1.82) is 15.8 Å². The molecule has 0 radical (unpaired) electrons. The van der Waals surface area contributed by atoms with Crippen LogP contribution in [0.4, 0.5) is 0 Å². The van der Waals surface area contributed by atoms with Gasteiger partial charge in [-0.1, -0.05) is 0 Å². The maximum absolute atomic E-state index is 8.36. The molecular formula is C6H4N4NaS+. The number of hydrogen-bond donors (Lipinski definition) is 1. The van der Waals surface area contributed by atoms with Gasteiger partial charge in [0.25, 0.3) is 0 Å². The molecule has 0 aliphatic rings. The van der Waals surface area contributed by atoms with Gasteiger partial charge in [0, 0.05) is 0 Å². The maximum atomic E-state index is 8.36. The third-order valence-electron chi connectivity index (χ3n) is 0.824. The van der Waals surface area contributed by atoms with Crippen LogP contribution in [0.1, 0.15) is 0 Å². The second-order valence-electron chi connectivity index (χ2n) is 1.37. The SMILES string of the molecule is CSC(NC#N)=C(C#N)C#N.[Na+]. The molecular weight excluding hydrogens is 183 g/mol. The summed E-state index contributed by atoms with van der Waals surface area (Å²) in [7, 11) is 0. The Hall–Kier alpha value is -0.640. The van der Waals surface area contributed by atoms with E-state index < -0.39 is 0 Å². The molecule has 0 atom stereocenters. The number of allylic oxidation sites excluding steroid dienone is 1. The van der Waals surface area contributed by atoms with E-state index in [-0.39, 0.29) is 40.2 Å². The first-order chi connectivity index (χ1) is 5.29. The van der Waals surface area contributed by atoms with Gasteiger partial charge in [0.2, 0.25) is 0 Å². The van der Waals surface area contributed by atoms with Crippen LogP contribution in [-0.4, -0.2) is 6.26 Å². The molecule has 1 N–H and O–H groups in total. The Labute approximate surface area is 97.1 Å². The van der Waals surface area contributed by atoms with E-state index in [0.717, 1.165) is 11.8 Å². The van der Waals surface area contributed by atoms with Gasteiger partial charge in [-0.15, -0.1) is 11.8 Å². The van der Waals surface area contributed by atoms with Crippen molar-refractivity contribution in [3.8, 4) is 18.3 Å². The van der Waals surface area contributed by atoms with Crippen LogP contribution in [0, 0.1) is 34.1 Å². The van der Waals surface area contributed by atoms with Crippen LogP contribution in [0.25, 0.3) is 0 Å². The molecule has 6 heteroatoms. The zero-order valence-electron chi connectivity index (χ0n) is 6.75. The Bertz CT molecular complexity index is 274. The van der Waals surface area contributed by atoms with E-state index in [0.29, 0.717) is 0 Å². The molecule has 0 aliphatic carbocycles. The molecule has 0 aromatic heterocycles. The van der Waals surface area contributed by atoms with Crippen molar-refractivity contribution in [3.63, 3.8) is 0 Å². The third-order valence-corrected chi connectivity index (χ3v) is 1.54. The molecule has 0 amide bonds. The zero-order valence-corrected chi connectivity index (χ0v) is 9.57. The molecule has 0 fully saturated rings. The van der Waals surface area contributed by atoms with Gasteiger partial charge in [-0.05, 0) is 6.26 Å². The quantitative estimate of drug-likeness (QED) is 0.227. The van der Waals surface area contributed by atoms with Crippen molar-refractivity contribution < 1.29 is 29.6 Å². The van der Waals surface area contributed by atoms with Crippen LogP contribution in [0.5, 0.6) is 0 Å². The monoisotopic (exact) mass is 187 g/mol. The Morgan fingerprint density at radius 2 is 1.75 bits per heavy atom. The van der Waals surface area contributed by atoms with E-state index in [4.69, 9.17) is 15.8 Å². The van der Waals surface area contributed by atoms with Crippen LogP contribution < -0.4 is 34.9 Å². The molecule has 12 heavy (non-hydrogen) atoms. The molecule has 54 valence electrons. The summed E-state index contributed by atoms with van der Waals surface area (Å²) >= 11 is 1.15. The average Bonchev–Trinajstić information content (AvgIpc) is 2.05. The first-order valence-corrected chi connectivity index (χ1v) is 3.76. The largest absolute Gasteiger partial charge is 1.00 e. The van der Waals surface area contributed by atoms with E-state index in [9.17, 15) is 0 Å². The molecule has 0 aliphatic heterocycles. The van der Waals surface area contributed by atoms with Crippen molar-refractivity contribution in [2.24, 2.45) is 0 Å². The fraction of sp³-hybridized carbons (Fsp3) is 0.167. The summed E-state index contributed by atoms with van der Waals surface area (Å²) < 4.78 is 0. The molecule has 0 heterocycles. The molecule has 4 nitrogen and oxygen atoms in total. The number of rotatable bonds is 2. The van der Waals surface area contributed by atoms with Crippen LogP contribution >= 0.6 is 11.8 Å². The van der Waals surface area contributed by atoms with Gasteiger partial charge in [-0.3, -0.25) is 5.32 Å². The zero-order chi connectivity index (χ0) is 8.69. The third kappa shape index (κ3) is 4.28. The first kappa shape index (κ1) is 13.9. The van der Waals surface area contributed by atoms with Gasteiger partial charge in [-0.2, -0.15) is 15.8 Å². The summed E-state index contributed by atoms with van der Waals surface area (Å²) in [6.45, 7) is 0. The van der Waals surface area contributed by atoms with E-state index in [1.54, 1.807) is 24.6 Å². The standard InChI is InChI=1S/C6H4N4S.Na/c1-11-6(10-4-9)5(2-7)3-8;/h10H,1H3;/q;+1. The van der Waals surface area contributed by atoms with Crippen LogP contribution in [0.15, 0.2) is 10.6 Å². The van der Waals surface area contributed by atoms with E-state index in [2.05, 4.69) is 5.32 Å². The summed E-state index contributed by atoms with van der Waals surface area (Å²) in [6.07, 6.45) is 3.31. The number of nitriles is 3. The number of nitrogens with one attached hydrogen (secondary N) is 1. The average molecular weight is 187 g/mol. The summed E-state index contributed by atoms with van der Waals surface area (Å²) in [5.41, 5.74) is -0.0703. The van der Waals surface area contributed by atoms with Gasteiger partial charge in [0.15, 0.2) is 11.8 Å². The van der Waals surface area contributed by atoms with Crippen molar-refractivity contribution in [1.82, 2.24) is 5.32 Å². The summed E-state index contributed by atoms with van der Waals surface area (Å²) in [4.78, 5) is 0. The molecule has 0 bridgehead atoms. The topological polar surface area (TPSA) is 83.4 Å². The van der Waals surface area contributed by atoms with Gasteiger partial charge in [-0.25, -0.2) is 0 Å². The van der Waals surface area contributed by atoms with E-state index >= 15 is 0 Å². The van der Waals surface area contributed by atoms with Gasteiger partial charge >= 0.3 is 29.6 Å². The van der Waals surface area contributed by atoms with E-state index in [1.807, 2.05) is 0 Å². The van der Waals surface area contributed by atoms with Crippen molar-refractivity contribution in [3.05, 3.63) is 10.6 Å². The van der Waals surface area contributed by atoms with Crippen molar-refractivity contribution in [2.75, 3.05) is 6.26 Å². The Morgan fingerprint density at radius 3 is 2.00 bits per heavy atom. The van der Waals surface area contributed by atoms with Gasteiger partial charge in [0.05, 0.1) is 0 Å². The summed E-state index contributed by atoms with van der Waals surface area (Å²) in [5.74, 6) is 0. The second-order valence-corrected chi connectivity index (χ2v) is 2.19. The molecule has 0 saturated carbocycles. The minimum atomic E-state index is -0.0703. The molecule has 0 saturated heterocycles. The maximum Gasteiger partial charge on any atom is 1.00 e. The first-order valence-electron chi connectivity index (χ1n) is 2.53. The predicted molar refractivity (Wildman–Crippen MR) is 40.5 cm³/mol. The predicted octanol–water partition coefficient (Wildman–Crippen LogP) is -2.32. The number of hydrogen-bond acceptors (Lipinski definition) is 5. The minimum Gasteiger partial charge on any atom is -0.285 e. The molecule has 0 unspecified atom stereocenters. The second kappa shape index (κ2) is 8.46. The Kier molecular flexibility index (Phi) is 9.81. The summed E-state index contributed by atoms with van der Waals surface area (Å²) in [5, 5.41) is 27.4. The van der Waals surface area contributed by atoms with Gasteiger partial charge in [0.1, 0.15) is 17.2 Å². The van der Waals surface area contributed by atoms with Crippen LogP contribution in [0.3, 0.4) is 0 Å². The van der Waals surface area contributed by atoms with E-state index in [1.165, 1.54) is 0 Å². The molecule has 0 aromatic carbocycles.